The maximum atomic E-state index is 6.16. The second-order valence-electron chi connectivity index (χ2n) is 6.87. The first-order valence-electron chi connectivity index (χ1n) is 9.54. The van der Waals surface area contributed by atoms with Gasteiger partial charge in [0.1, 0.15) is 0 Å². The molecule has 2 saturated heterocycles. The largest absolute Gasteiger partial charge is 0.379 e. The van der Waals surface area contributed by atoms with Crippen molar-refractivity contribution < 1.29 is 18.9 Å². The van der Waals surface area contributed by atoms with Gasteiger partial charge in [0.2, 0.25) is 6.29 Å². The molecule has 3 unspecified atom stereocenters. The Bertz CT molecular complexity index is 448. The minimum atomic E-state index is 0.0230. The van der Waals surface area contributed by atoms with Gasteiger partial charge in [-0.15, -0.1) is 0 Å². The fourth-order valence-electron chi connectivity index (χ4n) is 3.47. The van der Waals surface area contributed by atoms with Gasteiger partial charge in [0.05, 0.1) is 25.4 Å². The Kier molecular flexibility index (Phi) is 7.74. The van der Waals surface area contributed by atoms with Gasteiger partial charge in [0.15, 0.2) is 0 Å². The molecule has 2 bridgehead atoms. The van der Waals surface area contributed by atoms with E-state index in [0.717, 1.165) is 44.8 Å². The van der Waals surface area contributed by atoms with Crippen LogP contribution >= 0.6 is 0 Å². The quantitative estimate of drug-likeness (QED) is 0.771. The highest BCUT2D eigenvalue weighted by Crippen LogP contribution is 2.31. The molecule has 3 atom stereocenters. The molecule has 2 fully saturated rings. The van der Waals surface area contributed by atoms with Crippen LogP contribution in [-0.4, -0.2) is 38.6 Å². The van der Waals surface area contributed by atoms with Gasteiger partial charge in [-0.05, 0) is 37.2 Å². The molecule has 2 aliphatic heterocycles. The van der Waals surface area contributed by atoms with Gasteiger partial charge in [-0.1, -0.05) is 43.7 Å². The van der Waals surface area contributed by atoms with Gasteiger partial charge in [0.25, 0.3) is 0 Å². The minimum Gasteiger partial charge on any atom is -0.379 e. The predicted molar refractivity (Wildman–Crippen MR) is 96.9 cm³/mol. The Morgan fingerprint density at radius 2 is 1.56 bits per heavy atom. The number of hydrogen-bond acceptors (Lipinski definition) is 4. The van der Waals surface area contributed by atoms with Crippen molar-refractivity contribution in [3.05, 3.63) is 49.1 Å². The van der Waals surface area contributed by atoms with E-state index in [2.05, 4.69) is 37.3 Å². The van der Waals surface area contributed by atoms with Crippen molar-refractivity contribution in [2.45, 2.75) is 56.7 Å². The molecule has 0 amide bonds. The molecule has 25 heavy (non-hydrogen) atoms. The zero-order valence-electron chi connectivity index (χ0n) is 15.0. The summed E-state index contributed by atoms with van der Waals surface area (Å²) >= 11 is 0. The number of benzene rings is 1. The molecule has 2 radical (unpaired) electrons. The van der Waals surface area contributed by atoms with Gasteiger partial charge < -0.3 is 18.9 Å². The molecule has 2 aliphatic rings. The standard InChI is InChI=1S/C21H30O4/c1-2-6-17(18-7-4-3-5-8-18)9-10-21-24-19-11-13-22-16-20(25-21)12-14-23-15-19/h3-5,7-8,17,19-20H,1-2,6,9-16H2. The van der Waals surface area contributed by atoms with Crippen molar-refractivity contribution in [3.8, 4) is 0 Å². The average Bonchev–Trinajstić information content (AvgIpc) is 2.81. The van der Waals surface area contributed by atoms with Crippen LogP contribution in [0.2, 0.25) is 0 Å². The Balaban J connectivity index is 1.62. The first-order valence-corrected chi connectivity index (χ1v) is 9.54. The second-order valence-corrected chi connectivity index (χ2v) is 6.87. The van der Waals surface area contributed by atoms with Crippen LogP contribution in [0.1, 0.15) is 50.0 Å². The third kappa shape index (κ3) is 6.07. The number of rotatable bonds is 6. The van der Waals surface area contributed by atoms with Crippen LogP contribution in [0.3, 0.4) is 0 Å². The lowest BCUT2D eigenvalue weighted by molar-refractivity contribution is -0.113. The molecule has 0 aromatic heterocycles. The Hall–Kier alpha value is -0.940. The zero-order chi connectivity index (χ0) is 17.3. The molecule has 2 heterocycles. The molecule has 0 aliphatic carbocycles. The minimum absolute atomic E-state index is 0.0230. The number of fused-ring (bicyclic) bond motifs is 4. The van der Waals surface area contributed by atoms with Gasteiger partial charge in [-0.2, -0.15) is 0 Å². The third-order valence-electron chi connectivity index (χ3n) is 4.89. The number of ether oxygens (including phenoxy) is 4. The summed E-state index contributed by atoms with van der Waals surface area (Å²) < 4.78 is 23.8. The Labute approximate surface area is 151 Å². The molecule has 1 aromatic rings. The average molecular weight is 346 g/mol. The number of hydrogen-bond donors (Lipinski definition) is 0. The molecule has 0 N–H and O–H groups in total. The van der Waals surface area contributed by atoms with E-state index in [4.69, 9.17) is 18.9 Å². The zero-order valence-corrected chi connectivity index (χ0v) is 15.0. The SMILES string of the molecule is [CH2]CCC(CC[C]1OC2CCOCC(CCOC2)O1)c1ccccc1. The molecule has 4 heteroatoms. The van der Waals surface area contributed by atoms with Crippen LogP contribution in [0.4, 0.5) is 0 Å². The third-order valence-corrected chi connectivity index (χ3v) is 4.89. The van der Waals surface area contributed by atoms with Gasteiger partial charge in [-0.25, -0.2) is 0 Å². The summed E-state index contributed by atoms with van der Waals surface area (Å²) in [6.45, 7) is 6.68. The van der Waals surface area contributed by atoms with Crippen LogP contribution < -0.4 is 0 Å². The monoisotopic (exact) mass is 346 g/mol. The van der Waals surface area contributed by atoms with Crippen molar-refractivity contribution in [3.63, 3.8) is 0 Å². The van der Waals surface area contributed by atoms with Crippen molar-refractivity contribution in [2.75, 3.05) is 26.4 Å². The maximum absolute atomic E-state index is 6.16. The van der Waals surface area contributed by atoms with Crippen molar-refractivity contribution in [1.82, 2.24) is 0 Å². The fraction of sp³-hybridized carbons (Fsp3) is 0.619. The Morgan fingerprint density at radius 3 is 2.16 bits per heavy atom. The second kappa shape index (κ2) is 10.3. The molecule has 3 rings (SSSR count). The van der Waals surface area contributed by atoms with Crippen LogP contribution in [0, 0.1) is 13.2 Å². The van der Waals surface area contributed by atoms with E-state index in [1.165, 1.54) is 5.56 Å². The van der Waals surface area contributed by atoms with E-state index >= 15 is 0 Å². The van der Waals surface area contributed by atoms with Gasteiger partial charge in [0, 0.05) is 19.6 Å². The van der Waals surface area contributed by atoms with Gasteiger partial charge >= 0.3 is 0 Å². The lowest BCUT2D eigenvalue weighted by atomic mass is 9.90. The highest BCUT2D eigenvalue weighted by atomic mass is 16.7. The van der Waals surface area contributed by atoms with Crippen LogP contribution in [0.25, 0.3) is 0 Å². The summed E-state index contributed by atoms with van der Waals surface area (Å²) in [5, 5.41) is 0. The summed E-state index contributed by atoms with van der Waals surface area (Å²) in [6, 6.07) is 10.7. The highest BCUT2D eigenvalue weighted by Gasteiger charge is 2.28. The van der Waals surface area contributed by atoms with E-state index in [-0.39, 0.29) is 12.2 Å². The molecular weight excluding hydrogens is 316 g/mol. The fourth-order valence-corrected chi connectivity index (χ4v) is 3.47. The van der Waals surface area contributed by atoms with Crippen LogP contribution in [0.15, 0.2) is 30.3 Å². The molecule has 1 aromatic carbocycles. The van der Waals surface area contributed by atoms with Crippen molar-refractivity contribution >= 4 is 0 Å². The summed E-state index contributed by atoms with van der Waals surface area (Å²) in [5.41, 5.74) is 1.37. The smallest absolute Gasteiger partial charge is 0.224 e. The van der Waals surface area contributed by atoms with Crippen molar-refractivity contribution in [2.24, 2.45) is 0 Å². The predicted octanol–water partition coefficient (Wildman–Crippen LogP) is 4.27. The lowest BCUT2D eigenvalue weighted by Crippen LogP contribution is -2.24. The summed E-state index contributed by atoms with van der Waals surface area (Å²) in [6.07, 6.45) is 6.34. The van der Waals surface area contributed by atoms with Crippen molar-refractivity contribution in [1.29, 1.82) is 0 Å². The lowest BCUT2D eigenvalue weighted by Gasteiger charge is -2.25. The summed E-state index contributed by atoms with van der Waals surface area (Å²) in [5.74, 6) is 0.487. The van der Waals surface area contributed by atoms with E-state index < -0.39 is 0 Å². The first kappa shape index (κ1) is 18.8. The first-order chi connectivity index (χ1) is 12.3. The molecule has 0 saturated carbocycles. The summed E-state index contributed by atoms with van der Waals surface area (Å²) in [4.78, 5) is 0. The highest BCUT2D eigenvalue weighted by molar-refractivity contribution is 5.19. The van der Waals surface area contributed by atoms with Crippen LogP contribution in [-0.2, 0) is 18.9 Å². The van der Waals surface area contributed by atoms with E-state index in [1.807, 2.05) is 0 Å². The van der Waals surface area contributed by atoms with Gasteiger partial charge in [-0.3, -0.25) is 0 Å². The molecule has 4 nitrogen and oxygen atoms in total. The molecular formula is C21H30O4. The topological polar surface area (TPSA) is 36.9 Å². The normalized spacial score (nSPS) is 26.9. The summed E-state index contributed by atoms with van der Waals surface area (Å²) in [7, 11) is 0. The van der Waals surface area contributed by atoms with E-state index in [1.54, 1.807) is 0 Å². The molecule has 0 spiro atoms. The Morgan fingerprint density at radius 1 is 0.920 bits per heavy atom. The van der Waals surface area contributed by atoms with E-state index in [0.29, 0.717) is 32.3 Å². The molecule has 138 valence electrons. The van der Waals surface area contributed by atoms with E-state index in [9.17, 15) is 0 Å². The maximum Gasteiger partial charge on any atom is 0.224 e. The van der Waals surface area contributed by atoms with Crippen LogP contribution in [0.5, 0.6) is 0 Å².